The van der Waals surface area contributed by atoms with E-state index in [9.17, 15) is 4.79 Å². The highest BCUT2D eigenvalue weighted by Gasteiger charge is 2.06. The molecule has 0 atom stereocenters. The Hall–Kier alpha value is -2.92. The Bertz CT molecular complexity index is 942. The molecule has 0 aliphatic rings. The van der Waals surface area contributed by atoms with Gasteiger partial charge in [0.25, 0.3) is 5.91 Å². The number of hydrogen-bond donors (Lipinski definition) is 1. The molecule has 0 bridgehead atoms. The number of amides is 1. The predicted molar refractivity (Wildman–Crippen MR) is 123 cm³/mol. The van der Waals surface area contributed by atoms with Gasteiger partial charge < -0.3 is 14.8 Å². The molecule has 3 aromatic rings. The lowest BCUT2D eigenvalue weighted by Gasteiger charge is -2.11. The largest absolute Gasteiger partial charge is 0.493 e. The molecule has 0 aromatic heterocycles. The molecular formula is C25H27NO3S. The first-order valence-corrected chi connectivity index (χ1v) is 11.0. The molecule has 0 saturated heterocycles. The molecule has 0 saturated carbocycles. The van der Waals surface area contributed by atoms with Crippen molar-refractivity contribution in [3.05, 3.63) is 89.5 Å². The topological polar surface area (TPSA) is 47.6 Å². The van der Waals surface area contributed by atoms with Gasteiger partial charge in [-0.1, -0.05) is 30.3 Å². The van der Waals surface area contributed by atoms with Crippen molar-refractivity contribution >= 4 is 17.7 Å². The third-order valence-corrected chi connectivity index (χ3v) is 5.66. The van der Waals surface area contributed by atoms with E-state index in [1.807, 2.05) is 49.4 Å². The fourth-order valence-corrected chi connectivity index (χ4v) is 3.60. The lowest BCUT2D eigenvalue weighted by Crippen LogP contribution is -2.28. The molecule has 30 heavy (non-hydrogen) atoms. The van der Waals surface area contributed by atoms with Crippen molar-refractivity contribution in [1.29, 1.82) is 0 Å². The molecule has 1 N–H and O–H groups in total. The second kappa shape index (κ2) is 11.3. The molecule has 4 nitrogen and oxygen atoms in total. The summed E-state index contributed by atoms with van der Waals surface area (Å²) in [4.78, 5) is 13.5. The SMILES string of the molecule is Cc1cccc(OCCNC(=O)c2ccc(OCCSc3ccccc3)cc2)c1C. The number of ether oxygens (including phenoxy) is 2. The molecule has 5 heteroatoms. The van der Waals surface area contributed by atoms with E-state index >= 15 is 0 Å². The summed E-state index contributed by atoms with van der Waals surface area (Å²) in [5, 5.41) is 2.89. The summed E-state index contributed by atoms with van der Waals surface area (Å²) >= 11 is 1.76. The van der Waals surface area contributed by atoms with E-state index in [4.69, 9.17) is 9.47 Å². The highest BCUT2D eigenvalue weighted by Crippen LogP contribution is 2.20. The Morgan fingerprint density at radius 1 is 0.867 bits per heavy atom. The number of benzene rings is 3. The van der Waals surface area contributed by atoms with Gasteiger partial charge in [-0.05, 0) is 67.4 Å². The number of hydrogen-bond acceptors (Lipinski definition) is 4. The van der Waals surface area contributed by atoms with Crippen molar-refractivity contribution in [2.24, 2.45) is 0 Å². The molecule has 0 spiro atoms. The predicted octanol–water partition coefficient (Wildman–Crippen LogP) is 5.28. The van der Waals surface area contributed by atoms with Gasteiger partial charge >= 0.3 is 0 Å². The molecule has 3 rings (SSSR count). The average Bonchev–Trinajstić information content (AvgIpc) is 2.78. The summed E-state index contributed by atoms with van der Waals surface area (Å²) in [6.45, 7) is 5.57. The zero-order chi connectivity index (χ0) is 21.2. The van der Waals surface area contributed by atoms with Crippen LogP contribution < -0.4 is 14.8 Å². The summed E-state index contributed by atoms with van der Waals surface area (Å²) in [7, 11) is 0. The molecule has 0 unspecified atom stereocenters. The van der Waals surface area contributed by atoms with Gasteiger partial charge in [-0.15, -0.1) is 11.8 Å². The molecule has 0 aliphatic heterocycles. The maximum Gasteiger partial charge on any atom is 0.251 e. The first-order valence-electron chi connectivity index (χ1n) is 10.0. The lowest BCUT2D eigenvalue weighted by molar-refractivity contribution is 0.0947. The summed E-state index contributed by atoms with van der Waals surface area (Å²) < 4.78 is 11.5. The van der Waals surface area contributed by atoms with Crippen LogP contribution in [0.2, 0.25) is 0 Å². The minimum atomic E-state index is -0.120. The van der Waals surface area contributed by atoms with Gasteiger partial charge in [0.2, 0.25) is 0 Å². The second-order valence-corrected chi connectivity index (χ2v) is 8.01. The smallest absolute Gasteiger partial charge is 0.251 e. The number of rotatable bonds is 10. The molecule has 1 amide bonds. The number of carbonyl (C=O) groups excluding carboxylic acids is 1. The average molecular weight is 422 g/mol. The monoisotopic (exact) mass is 421 g/mol. The van der Waals surface area contributed by atoms with E-state index in [0.29, 0.717) is 25.3 Å². The maximum atomic E-state index is 12.3. The summed E-state index contributed by atoms with van der Waals surface area (Å²) in [6, 6.07) is 23.4. The number of carbonyl (C=O) groups is 1. The maximum absolute atomic E-state index is 12.3. The summed E-state index contributed by atoms with van der Waals surface area (Å²) in [5.74, 6) is 2.37. The van der Waals surface area contributed by atoms with E-state index in [0.717, 1.165) is 22.8 Å². The van der Waals surface area contributed by atoms with Crippen LogP contribution in [0.3, 0.4) is 0 Å². The third-order valence-electron chi connectivity index (χ3n) is 4.68. The zero-order valence-electron chi connectivity index (χ0n) is 17.4. The number of aryl methyl sites for hydroxylation is 1. The van der Waals surface area contributed by atoms with Gasteiger partial charge in [-0.2, -0.15) is 0 Å². The van der Waals surface area contributed by atoms with E-state index in [1.54, 1.807) is 23.9 Å². The molecule has 0 radical (unpaired) electrons. The van der Waals surface area contributed by atoms with Gasteiger partial charge in [-0.3, -0.25) is 4.79 Å². The van der Waals surface area contributed by atoms with Gasteiger partial charge in [0.05, 0.1) is 13.2 Å². The van der Waals surface area contributed by atoms with Gasteiger partial charge in [-0.25, -0.2) is 0 Å². The highest BCUT2D eigenvalue weighted by atomic mass is 32.2. The van der Waals surface area contributed by atoms with Crippen LogP contribution in [0.4, 0.5) is 0 Å². The van der Waals surface area contributed by atoms with Crippen molar-refractivity contribution < 1.29 is 14.3 Å². The Balaban J connectivity index is 1.36. The van der Waals surface area contributed by atoms with Crippen LogP contribution in [-0.2, 0) is 0 Å². The van der Waals surface area contributed by atoms with Gasteiger partial charge in [0, 0.05) is 16.2 Å². The molecule has 0 heterocycles. The van der Waals surface area contributed by atoms with Crippen LogP contribution in [0.15, 0.2) is 77.7 Å². The first-order chi connectivity index (χ1) is 14.6. The Kier molecular flexibility index (Phi) is 8.21. The molecule has 0 aliphatic carbocycles. The van der Waals surface area contributed by atoms with Gasteiger partial charge in [0.15, 0.2) is 0 Å². The van der Waals surface area contributed by atoms with E-state index in [2.05, 4.69) is 30.4 Å². The van der Waals surface area contributed by atoms with Crippen molar-refractivity contribution in [2.45, 2.75) is 18.7 Å². The zero-order valence-corrected chi connectivity index (χ0v) is 18.2. The first kappa shape index (κ1) is 21.8. The fraction of sp³-hybridized carbons (Fsp3) is 0.240. The van der Waals surface area contributed by atoms with Crippen LogP contribution in [-0.4, -0.2) is 31.4 Å². The minimum absolute atomic E-state index is 0.120. The van der Waals surface area contributed by atoms with Crippen LogP contribution in [0.5, 0.6) is 11.5 Å². The van der Waals surface area contributed by atoms with Crippen molar-refractivity contribution in [3.63, 3.8) is 0 Å². The molecule has 0 fully saturated rings. The summed E-state index contributed by atoms with van der Waals surface area (Å²) in [6.07, 6.45) is 0. The quantitative estimate of drug-likeness (QED) is 0.357. The molecule has 3 aromatic carbocycles. The standard InChI is InChI=1S/C25H27NO3S/c1-19-7-6-10-24(20(19)2)29-16-15-26-25(27)21-11-13-22(14-12-21)28-17-18-30-23-8-4-3-5-9-23/h3-14H,15-18H2,1-2H3,(H,26,27). The van der Waals surface area contributed by atoms with Crippen LogP contribution in [0.1, 0.15) is 21.5 Å². The number of thioether (sulfide) groups is 1. The minimum Gasteiger partial charge on any atom is -0.493 e. The van der Waals surface area contributed by atoms with Crippen LogP contribution in [0.25, 0.3) is 0 Å². The third kappa shape index (κ3) is 6.56. The van der Waals surface area contributed by atoms with Crippen molar-refractivity contribution in [2.75, 3.05) is 25.5 Å². The molecular weight excluding hydrogens is 394 g/mol. The highest BCUT2D eigenvalue weighted by molar-refractivity contribution is 7.99. The van der Waals surface area contributed by atoms with Crippen LogP contribution in [0, 0.1) is 13.8 Å². The molecule has 156 valence electrons. The normalized spacial score (nSPS) is 10.5. The Morgan fingerprint density at radius 3 is 2.40 bits per heavy atom. The Labute approximate surface area is 182 Å². The van der Waals surface area contributed by atoms with Crippen molar-refractivity contribution in [1.82, 2.24) is 5.32 Å². The lowest BCUT2D eigenvalue weighted by atomic mass is 10.1. The Morgan fingerprint density at radius 2 is 1.63 bits per heavy atom. The second-order valence-electron chi connectivity index (χ2n) is 6.84. The number of nitrogens with one attached hydrogen (secondary N) is 1. The van der Waals surface area contributed by atoms with E-state index < -0.39 is 0 Å². The van der Waals surface area contributed by atoms with Crippen molar-refractivity contribution in [3.8, 4) is 11.5 Å². The van der Waals surface area contributed by atoms with E-state index in [-0.39, 0.29) is 5.91 Å². The fourth-order valence-electron chi connectivity index (χ4n) is 2.85. The van der Waals surface area contributed by atoms with E-state index in [1.165, 1.54) is 10.5 Å². The van der Waals surface area contributed by atoms with Gasteiger partial charge in [0.1, 0.15) is 18.1 Å². The van der Waals surface area contributed by atoms with Crippen LogP contribution >= 0.6 is 11.8 Å². The summed E-state index contributed by atoms with van der Waals surface area (Å²) in [5.41, 5.74) is 2.92.